The number of rotatable bonds is 4. The topological polar surface area (TPSA) is 77.0 Å². The number of hydrogen-bond acceptors (Lipinski definition) is 5. The molecule has 0 bridgehead atoms. The van der Waals surface area contributed by atoms with E-state index < -0.39 is 0 Å². The number of halogens is 1. The minimum atomic E-state index is -0.311. The monoisotopic (exact) mass is 467 g/mol. The summed E-state index contributed by atoms with van der Waals surface area (Å²) in [6.07, 6.45) is 4.26. The molecule has 0 saturated carbocycles. The van der Waals surface area contributed by atoms with Gasteiger partial charge in [-0.2, -0.15) is 5.10 Å². The first-order valence-corrected chi connectivity index (χ1v) is 11.5. The Labute approximate surface area is 200 Å². The number of amides is 1. The quantitative estimate of drug-likeness (QED) is 0.356. The fourth-order valence-corrected chi connectivity index (χ4v) is 4.63. The fourth-order valence-electron chi connectivity index (χ4n) is 4.63. The van der Waals surface area contributed by atoms with Crippen molar-refractivity contribution in [3.63, 3.8) is 0 Å². The van der Waals surface area contributed by atoms with E-state index in [4.69, 9.17) is 9.52 Å². The van der Waals surface area contributed by atoms with Crippen LogP contribution in [0.1, 0.15) is 19.4 Å². The Hall–Kier alpha value is -4.33. The van der Waals surface area contributed by atoms with Crippen molar-refractivity contribution in [3.8, 4) is 33.8 Å². The third-order valence-electron chi connectivity index (χ3n) is 6.48. The summed E-state index contributed by atoms with van der Waals surface area (Å²) in [6, 6.07) is 18.1. The van der Waals surface area contributed by atoms with Gasteiger partial charge in [-0.3, -0.25) is 9.48 Å². The summed E-state index contributed by atoms with van der Waals surface area (Å²) in [5, 5.41) is 5.67. The van der Waals surface area contributed by atoms with E-state index in [1.807, 2.05) is 52.2 Å². The summed E-state index contributed by atoms with van der Waals surface area (Å²) in [4.78, 5) is 22.6. The molecule has 0 radical (unpaired) electrons. The second kappa shape index (κ2) is 8.47. The van der Waals surface area contributed by atoms with E-state index in [-0.39, 0.29) is 17.8 Å². The lowest BCUT2D eigenvalue weighted by molar-refractivity contribution is -0.127. The van der Waals surface area contributed by atoms with Gasteiger partial charge in [0.05, 0.1) is 17.1 Å². The van der Waals surface area contributed by atoms with Crippen LogP contribution in [0.4, 0.5) is 4.39 Å². The van der Waals surface area contributed by atoms with E-state index in [1.54, 1.807) is 19.1 Å². The molecule has 174 valence electrons. The van der Waals surface area contributed by atoms with Gasteiger partial charge in [0.2, 0.25) is 11.6 Å². The smallest absolute Gasteiger partial charge is 0.230 e. The minimum absolute atomic E-state index is 0.0494. The molecule has 0 aliphatic carbocycles. The van der Waals surface area contributed by atoms with Crippen molar-refractivity contribution >= 4 is 17.0 Å². The minimum Gasteiger partial charge on any atom is -0.438 e. The zero-order valence-electron chi connectivity index (χ0n) is 19.1. The van der Waals surface area contributed by atoms with E-state index in [0.29, 0.717) is 36.0 Å². The first kappa shape index (κ1) is 21.2. The van der Waals surface area contributed by atoms with Crippen LogP contribution in [0.25, 0.3) is 44.9 Å². The first-order chi connectivity index (χ1) is 17.1. The SMILES string of the molecule is CC(=O)N1CC[C@H](n2cc(-c3ncnc4oc(-c5ccccc5)cc34)c(-c3ccc(F)cc3)n2)C1. The van der Waals surface area contributed by atoms with Crippen molar-refractivity contribution < 1.29 is 13.6 Å². The molecule has 3 aromatic heterocycles. The van der Waals surface area contributed by atoms with Gasteiger partial charge in [0.15, 0.2) is 0 Å². The molecule has 1 fully saturated rings. The van der Waals surface area contributed by atoms with Gasteiger partial charge in [0, 0.05) is 42.9 Å². The molecule has 5 aromatic rings. The molecular formula is C27H22FN5O2. The molecule has 4 heterocycles. The van der Waals surface area contributed by atoms with Crippen molar-refractivity contribution in [2.75, 3.05) is 13.1 Å². The first-order valence-electron chi connectivity index (χ1n) is 11.5. The molecule has 1 amide bonds. The number of hydrogen-bond donors (Lipinski definition) is 0. The normalized spacial score (nSPS) is 15.7. The summed E-state index contributed by atoms with van der Waals surface area (Å²) >= 11 is 0. The maximum atomic E-state index is 13.7. The van der Waals surface area contributed by atoms with Crippen molar-refractivity contribution in [2.45, 2.75) is 19.4 Å². The van der Waals surface area contributed by atoms with Crippen LogP contribution < -0.4 is 0 Å². The van der Waals surface area contributed by atoms with Gasteiger partial charge in [-0.05, 0) is 36.8 Å². The van der Waals surface area contributed by atoms with Crippen molar-refractivity contribution in [3.05, 3.63) is 79.0 Å². The maximum absolute atomic E-state index is 13.7. The second-order valence-electron chi connectivity index (χ2n) is 8.70. The number of fused-ring (bicyclic) bond motifs is 1. The Morgan fingerprint density at radius 2 is 1.83 bits per heavy atom. The lowest BCUT2D eigenvalue weighted by Crippen LogP contribution is -2.26. The van der Waals surface area contributed by atoms with E-state index >= 15 is 0 Å². The predicted octanol–water partition coefficient (Wildman–Crippen LogP) is 5.35. The zero-order chi connectivity index (χ0) is 23.9. The highest BCUT2D eigenvalue weighted by Crippen LogP contribution is 2.38. The molecule has 8 heteroatoms. The summed E-state index contributed by atoms with van der Waals surface area (Å²) in [5.74, 6) is 0.448. The van der Waals surface area contributed by atoms with E-state index in [0.717, 1.165) is 28.5 Å². The van der Waals surface area contributed by atoms with Gasteiger partial charge in [-0.25, -0.2) is 14.4 Å². The van der Waals surface area contributed by atoms with Crippen LogP contribution in [-0.2, 0) is 4.79 Å². The van der Waals surface area contributed by atoms with Gasteiger partial charge in [0.1, 0.15) is 23.6 Å². The number of benzene rings is 2. The number of nitrogens with zero attached hydrogens (tertiary/aromatic N) is 5. The predicted molar refractivity (Wildman–Crippen MR) is 130 cm³/mol. The van der Waals surface area contributed by atoms with Crippen LogP contribution in [0.2, 0.25) is 0 Å². The Balaban J connectivity index is 1.50. The van der Waals surface area contributed by atoms with Crippen molar-refractivity contribution in [1.82, 2.24) is 24.6 Å². The van der Waals surface area contributed by atoms with Gasteiger partial charge in [-0.1, -0.05) is 30.3 Å². The van der Waals surface area contributed by atoms with Gasteiger partial charge >= 0.3 is 0 Å². The Bertz CT molecular complexity index is 1520. The van der Waals surface area contributed by atoms with Gasteiger partial charge in [0.25, 0.3) is 0 Å². The molecule has 0 unspecified atom stereocenters. The third kappa shape index (κ3) is 3.86. The summed E-state index contributed by atoms with van der Waals surface area (Å²) in [6.45, 7) is 2.88. The lowest BCUT2D eigenvalue weighted by Gasteiger charge is -2.14. The van der Waals surface area contributed by atoms with Crippen molar-refractivity contribution in [1.29, 1.82) is 0 Å². The highest BCUT2D eigenvalue weighted by atomic mass is 19.1. The number of likely N-dealkylation sites (tertiary alicyclic amines) is 1. The van der Waals surface area contributed by atoms with Crippen LogP contribution in [0, 0.1) is 5.82 Å². The molecule has 1 saturated heterocycles. The second-order valence-corrected chi connectivity index (χ2v) is 8.70. The Morgan fingerprint density at radius 1 is 1.03 bits per heavy atom. The standard InChI is InChI=1S/C27H22FN5O2/c1-17(34)32-12-11-21(14-32)33-15-23(25(31-33)19-7-9-20(28)10-8-19)26-22-13-24(18-5-3-2-4-6-18)35-27(22)30-16-29-26/h2-10,13,15-16,21H,11-12,14H2,1H3/t21-/m0/s1. The number of furan rings is 1. The van der Waals surface area contributed by atoms with Gasteiger partial charge in [-0.15, -0.1) is 0 Å². The summed E-state index contributed by atoms with van der Waals surface area (Å²) in [5.41, 5.74) is 4.38. The number of aromatic nitrogens is 4. The van der Waals surface area contributed by atoms with Gasteiger partial charge < -0.3 is 9.32 Å². The maximum Gasteiger partial charge on any atom is 0.230 e. The van der Waals surface area contributed by atoms with E-state index in [2.05, 4.69) is 9.97 Å². The van der Waals surface area contributed by atoms with Crippen LogP contribution in [0.3, 0.4) is 0 Å². The molecule has 1 aliphatic heterocycles. The summed E-state index contributed by atoms with van der Waals surface area (Å²) < 4.78 is 21.6. The largest absolute Gasteiger partial charge is 0.438 e. The van der Waals surface area contributed by atoms with E-state index in [9.17, 15) is 9.18 Å². The molecule has 1 aliphatic rings. The molecule has 0 N–H and O–H groups in total. The fraction of sp³-hybridized carbons (Fsp3) is 0.185. The van der Waals surface area contributed by atoms with Crippen LogP contribution >= 0.6 is 0 Å². The zero-order valence-corrected chi connectivity index (χ0v) is 19.1. The Kier molecular flexibility index (Phi) is 5.13. The number of carbonyl (C=O) groups is 1. The summed E-state index contributed by atoms with van der Waals surface area (Å²) in [7, 11) is 0. The molecular weight excluding hydrogens is 445 g/mol. The van der Waals surface area contributed by atoms with E-state index in [1.165, 1.54) is 18.5 Å². The molecule has 35 heavy (non-hydrogen) atoms. The average Bonchev–Trinajstić information content (AvgIpc) is 3.62. The number of carbonyl (C=O) groups excluding carboxylic acids is 1. The van der Waals surface area contributed by atoms with Crippen LogP contribution in [-0.4, -0.2) is 43.6 Å². The molecule has 0 spiro atoms. The highest BCUT2D eigenvalue weighted by molar-refractivity contribution is 5.95. The molecule has 6 rings (SSSR count). The molecule has 2 aromatic carbocycles. The lowest BCUT2D eigenvalue weighted by atomic mass is 10.0. The Morgan fingerprint density at radius 3 is 2.57 bits per heavy atom. The molecule has 7 nitrogen and oxygen atoms in total. The van der Waals surface area contributed by atoms with Crippen LogP contribution in [0.15, 0.2) is 77.6 Å². The van der Waals surface area contributed by atoms with Crippen LogP contribution in [0.5, 0.6) is 0 Å². The highest BCUT2D eigenvalue weighted by Gasteiger charge is 2.28. The van der Waals surface area contributed by atoms with Crippen molar-refractivity contribution in [2.24, 2.45) is 0 Å². The molecule has 1 atom stereocenters. The average molecular weight is 468 g/mol. The third-order valence-corrected chi connectivity index (χ3v) is 6.48.